The minimum atomic E-state index is 0.650. The number of thioether (sulfide) groups is 1. The molecule has 0 bridgehead atoms. The molecule has 0 saturated carbocycles. The van der Waals surface area contributed by atoms with Gasteiger partial charge in [0.2, 0.25) is 0 Å². The largest absolute Gasteiger partial charge is 0.311 e. The number of hydrogen-bond acceptors (Lipinski definition) is 5. The van der Waals surface area contributed by atoms with Crippen molar-refractivity contribution in [3.05, 3.63) is 30.1 Å². The monoisotopic (exact) mass is 344 g/mol. The van der Waals surface area contributed by atoms with Crippen LogP contribution in [0.2, 0.25) is 0 Å². The molecule has 2 heterocycles. The van der Waals surface area contributed by atoms with Crippen LogP contribution in [0.5, 0.6) is 0 Å². The maximum atomic E-state index is 4.81. The smallest absolute Gasteiger partial charge is 0.171 e. The molecule has 0 spiro atoms. The predicted molar refractivity (Wildman–Crippen MR) is 97.1 cm³/mol. The van der Waals surface area contributed by atoms with Gasteiger partial charge in [0.15, 0.2) is 11.0 Å². The number of tetrazole rings is 1. The van der Waals surface area contributed by atoms with Crippen LogP contribution in [0.15, 0.2) is 29.4 Å². The number of imidazole rings is 1. The van der Waals surface area contributed by atoms with Crippen molar-refractivity contribution in [1.82, 2.24) is 29.8 Å². The van der Waals surface area contributed by atoms with E-state index in [0.29, 0.717) is 12.5 Å². The molecular weight excluding hydrogens is 320 g/mol. The number of aryl methyl sites for hydroxylation is 1. The Hall–Kier alpha value is -1.89. The lowest BCUT2D eigenvalue weighted by atomic mass is 10.2. The van der Waals surface area contributed by atoms with Gasteiger partial charge in [-0.2, -0.15) is 0 Å². The van der Waals surface area contributed by atoms with Crippen molar-refractivity contribution in [3.63, 3.8) is 0 Å². The summed E-state index contributed by atoms with van der Waals surface area (Å²) in [6.07, 6.45) is 2.19. The molecule has 0 aliphatic carbocycles. The lowest BCUT2D eigenvalue weighted by Gasteiger charge is -2.09. The number of hydrogen-bond donors (Lipinski definition) is 0. The molecule has 0 atom stereocenters. The first kappa shape index (κ1) is 17.0. The van der Waals surface area contributed by atoms with E-state index < -0.39 is 0 Å². The maximum Gasteiger partial charge on any atom is 0.171 e. The standard InChI is InChI=1S/C17H24N6S/c1-4-10-23-16(19-20-21-23)12-22-15-8-6-5-7-14(15)18-17(22)24-11-9-13(2)3/h5-8,13H,4,9-12H2,1-3H3. The van der Waals surface area contributed by atoms with E-state index in [0.717, 1.165) is 40.7 Å². The third kappa shape index (κ3) is 3.77. The minimum absolute atomic E-state index is 0.650. The third-order valence-corrected chi connectivity index (χ3v) is 4.90. The van der Waals surface area contributed by atoms with E-state index in [4.69, 9.17) is 4.98 Å². The van der Waals surface area contributed by atoms with E-state index >= 15 is 0 Å². The van der Waals surface area contributed by atoms with E-state index in [1.54, 1.807) is 0 Å². The van der Waals surface area contributed by atoms with Crippen molar-refractivity contribution < 1.29 is 0 Å². The zero-order valence-electron chi connectivity index (χ0n) is 14.5. The molecule has 0 fully saturated rings. The maximum absolute atomic E-state index is 4.81. The molecule has 3 rings (SSSR count). The third-order valence-electron chi connectivity index (χ3n) is 3.89. The summed E-state index contributed by atoms with van der Waals surface area (Å²) >= 11 is 1.82. The number of benzene rings is 1. The van der Waals surface area contributed by atoms with E-state index in [-0.39, 0.29) is 0 Å². The second-order valence-electron chi connectivity index (χ2n) is 6.32. The summed E-state index contributed by atoms with van der Waals surface area (Å²) in [5.74, 6) is 2.65. The minimum Gasteiger partial charge on any atom is -0.311 e. The highest BCUT2D eigenvalue weighted by atomic mass is 32.2. The lowest BCUT2D eigenvalue weighted by molar-refractivity contribution is 0.538. The highest BCUT2D eigenvalue weighted by molar-refractivity contribution is 7.99. The van der Waals surface area contributed by atoms with Gasteiger partial charge in [0.05, 0.1) is 17.6 Å². The van der Waals surface area contributed by atoms with Crippen LogP contribution in [0.1, 0.15) is 39.4 Å². The van der Waals surface area contributed by atoms with Crippen molar-refractivity contribution in [2.24, 2.45) is 5.92 Å². The summed E-state index contributed by atoms with van der Waals surface area (Å²) < 4.78 is 4.12. The Balaban J connectivity index is 1.90. The Kier molecular flexibility index (Phi) is 5.50. The van der Waals surface area contributed by atoms with Gasteiger partial charge in [-0.05, 0) is 41.3 Å². The molecule has 0 unspecified atom stereocenters. The summed E-state index contributed by atoms with van der Waals surface area (Å²) in [5.41, 5.74) is 2.16. The molecule has 0 aliphatic rings. The fraction of sp³-hybridized carbons (Fsp3) is 0.529. The van der Waals surface area contributed by atoms with E-state index in [1.807, 2.05) is 22.5 Å². The molecule has 0 amide bonds. The molecule has 0 saturated heterocycles. The van der Waals surface area contributed by atoms with Crippen LogP contribution in [0, 0.1) is 5.92 Å². The van der Waals surface area contributed by atoms with Gasteiger partial charge in [-0.1, -0.05) is 44.7 Å². The van der Waals surface area contributed by atoms with Crippen LogP contribution in [0.25, 0.3) is 11.0 Å². The molecule has 0 radical (unpaired) electrons. The topological polar surface area (TPSA) is 61.4 Å². The van der Waals surface area contributed by atoms with Crippen LogP contribution < -0.4 is 0 Å². The zero-order valence-corrected chi connectivity index (χ0v) is 15.3. The number of aromatic nitrogens is 6. The first-order valence-corrected chi connectivity index (χ1v) is 9.50. The van der Waals surface area contributed by atoms with Crippen LogP contribution >= 0.6 is 11.8 Å². The summed E-state index contributed by atoms with van der Waals surface area (Å²) in [5, 5.41) is 13.2. The normalized spacial score (nSPS) is 11.7. The van der Waals surface area contributed by atoms with E-state index in [2.05, 4.69) is 59.1 Å². The SMILES string of the molecule is CCCn1nnnc1Cn1c(SCCC(C)C)nc2ccccc21. The quantitative estimate of drug-likeness (QED) is 0.584. The van der Waals surface area contributed by atoms with Gasteiger partial charge >= 0.3 is 0 Å². The van der Waals surface area contributed by atoms with Gasteiger partial charge in [-0.3, -0.25) is 0 Å². The van der Waals surface area contributed by atoms with Crippen molar-refractivity contribution in [2.45, 2.75) is 51.9 Å². The summed E-state index contributed by atoms with van der Waals surface area (Å²) in [7, 11) is 0. The Labute approximate surface area is 146 Å². The Morgan fingerprint density at radius 1 is 1.21 bits per heavy atom. The van der Waals surface area contributed by atoms with E-state index in [9.17, 15) is 0 Å². The molecule has 24 heavy (non-hydrogen) atoms. The Bertz CT molecular complexity index is 791. The molecule has 3 aromatic rings. The fourth-order valence-corrected chi connectivity index (χ4v) is 3.82. The highest BCUT2D eigenvalue weighted by Gasteiger charge is 2.14. The summed E-state index contributed by atoms with van der Waals surface area (Å²) in [4.78, 5) is 4.81. The number of rotatable bonds is 8. The zero-order chi connectivity index (χ0) is 16.9. The second kappa shape index (κ2) is 7.79. The van der Waals surface area contributed by atoms with Crippen LogP contribution in [0.4, 0.5) is 0 Å². The van der Waals surface area contributed by atoms with Crippen molar-refractivity contribution >= 4 is 22.8 Å². The molecule has 1 aromatic carbocycles. The van der Waals surface area contributed by atoms with Crippen LogP contribution in [0.3, 0.4) is 0 Å². The first-order chi connectivity index (χ1) is 11.7. The molecule has 0 N–H and O–H groups in total. The summed E-state index contributed by atoms with van der Waals surface area (Å²) in [6, 6.07) is 8.26. The van der Waals surface area contributed by atoms with Gasteiger partial charge in [-0.15, -0.1) is 5.10 Å². The van der Waals surface area contributed by atoms with Crippen molar-refractivity contribution in [2.75, 3.05) is 5.75 Å². The number of nitrogens with zero attached hydrogens (tertiary/aromatic N) is 6. The fourth-order valence-electron chi connectivity index (χ4n) is 2.57. The van der Waals surface area contributed by atoms with Gasteiger partial charge < -0.3 is 4.57 Å². The van der Waals surface area contributed by atoms with Gasteiger partial charge in [-0.25, -0.2) is 9.67 Å². The average Bonchev–Trinajstić information content (AvgIpc) is 3.13. The molecule has 0 aliphatic heterocycles. The molecule has 2 aromatic heterocycles. The Morgan fingerprint density at radius 3 is 2.83 bits per heavy atom. The molecule has 6 nitrogen and oxygen atoms in total. The Morgan fingerprint density at radius 2 is 2.04 bits per heavy atom. The number of fused-ring (bicyclic) bond motifs is 1. The summed E-state index contributed by atoms with van der Waals surface area (Å²) in [6.45, 7) is 8.12. The number of para-hydroxylation sites is 2. The van der Waals surface area contributed by atoms with Crippen molar-refractivity contribution in [1.29, 1.82) is 0 Å². The van der Waals surface area contributed by atoms with Gasteiger partial charge in [0.25, 0.3) is 0 Å². The van der Waals surface area contributed by atoms with Gasteiger partial charge in [0, 0.05) is 12.3 Å². The van der Waals surface area contributed by atoms with E-state index in [1.165, 1.54) is 6.42 Å². The molecular formula is C17H24N6S. The average molecular weight is 344 g/mol. The first-order valence-electron chi connectivity index (χ1n) is 8.52. The predicted octanol–water partition coefficient (Wildman–Crippen LogP) is 3.62. The molecule has 128 valence electrons. The highest BCUT2D eigenvalue weighted by Crippen LogP contribution is 2.26. The van der Waals surface area contributed by atoms with Gasteiger partial charge in [0.1, 0.15) is 0 Å². The van der Waals surface area contributed by atoms with Crippen LogP contribution in [-0.2, 0) is 13.1 Å². The molecule has 7 heteroatoms. The second-order valence-corrected chi connectivity index (χ2v) is 7.38. The van der Waals surface area contributed by atoms with Crippen molar-refractivity contribution in [3.8, 4) is 0 Å². The lowest BCUT2D eigenvalue weighted by Crippen LogP contribution is -2.11. The van der Waals surface area contributed by atoms with Crippen LogP contribution in [-0.4, -0.2) is 35.5 Å².